The number of benzene rings is 1. The van der Waals surface area contributed by atoms with E-state index in [4.69, 9.17) is 14.2 Å². The van der Waals surface area contributed by atoms with E-state index in [9.17, 15) is 9.59 Å². The number of ether oxygens (including phenoxy) is 3. The van der Waals surface area contributed by atoms with Crippen LogP contribution < -0.4 is 14.8 Å². The highest BCUT2D eigenvalue weighted by Gasteiger charge is 2.09. The van der Waals surface area contributed by atoms with Crippen LogP contribution in [0.4, 0.5) is 0 Å². The van der Waals surface area contributed by atoms with Crippen molar-refractivity contribution in [1.82, 2.24) is 5.32 Å². The molecule has 25 heavy (non-hydrogen) atoms. The van der Waals surface area contributed by atoms with Gasteiger partial charge in [0.25, 0.3) is 5.91 Å². The van der Waals surface area contributed by atoms with Crippen LogP contribution >= 0.6 is 11.3 Å². The maximum absolute atomic E-state index is 11.8. The van der Waals surface area contributed by atoms with Crippen LogP contribution in [0.3, 0.4) is 0 Å². The quantitative estimate of drug-likeness (QED) is 0.693. The number of carbonyl (C=O) groups excluding carboxylic acids is 2. The van der Waals surface area contributed by atoms with Gasteiger partial charge in [-0.15, -0.1) is 11.3 Å². The zero-order valence-electron chi connectivity index (χ0n) is 14.2. The average molecular weight is 363 g/mol. The van der Waals surface area contributed by atoms with Gasteiger partial charge in [-0.25, -0.2) is 0 Å². The van der Waals surface area contributed by atoms with Gasteiger partial charge >= 0.3 is 5.97 Å². The fourth-order valence-electron chi connectivity index (χ4n) is 2.14. The Kier molecular flexibility index (Phi) is 7.28. The molecule has 0 fully saturated rings. The molecular weight excluding hydrogens is 342 g/mol. The number of hydrogen-bond acceptors (Lipinski definition) is 6. The van der Waals surface area contributed by atoms with E-state index in [-0.39, 0.29) is 24.9 Å². The van der Waals surface area contributed by atoms with Gasteiger partial charge in [-0.05, 0) is 35.6 Å². The van der Waals surface area contributed by atoms with Crippen LogP contribution in [0.1, 0.15) is 16.9 Å². The minimum Gasteiger partial charge on any atom is -0.493 e. The molecule has 0 aliphatic rings. The van der Waals surface area contributed by atoms with Crippen molar-refractivity contribution in [1.29, 1.82) is 0 Å². The highest BCUT2D eigenvalue weighted by atomic mass is 32.1. The molecular formula is C18H21NO5S. The molecule has 0 unspecified atom stereocenters. The molecule has 2 rings (SSSR count). The van der Waals surface area contributed by atoms with Gasteiger partial charge in [-0.2, -0.15) is 0 Å². The smallest absolute Gasteiger partial charge is 0.306 e. The first-order valence-electron chi connectivity index (χ1n) is 7.78. The highest BCUT2D eigenvalue weighted by Crippen LogP contribution is 2.27. The van der Waals surface area contributed by atoms with Crippen LogP contribution in [0, 0.1) is 0 Å². The molecule has 1 N–H and O–H groups in total. The zero-order valence-corrected chi connectivity index (χ0v) is 15.1. The summed E-state index contributed by atoms with van der Waals surface area (Å²) in [4.78, 5) is 24.6. The summed E-state index contributed by atoms with van der Waals surface area (Å²) in [5.41, 5.74) is 0.857. The molecule has 0 radical (unpaired) electrons. The molecule has 0 spiro atoms. The van der Waals surface area contributed by atoms with Crippen molar-refractivity contribution in [3.63, 3.8) is 0 Å². The Bertz CT molecular complexity index is 699. The molecule has 134 valence electrons. The normalized spacial score (nSPS) is 10.2. The zero-order chi connectivity index (χ0) is 18.1. The summed E-state index contributed by atoms with van der Waals surface area (Å²) >= 11 is 1.59. The lowest BCUT2D eigenvalue weighted by Crippen LogP contribution is -2.28. The standard InChI is InChI=1S/C18H21NO5S/c1-22-15-7-5-13(10-16(15)23-2)11-19-17(20)12-24-18(21)8-6-14-4-3-9-25-14/h3-5,7,9-10H,6,8,11-12H2,1-2H3,(H,19,20). The number of carbonyl (C=O) groups is 2. The molecule has 1 aromatic carbocycles. The molecule has 1 aromatic heterocycles. The fourth-order valence-corrected chi connectivity index (χ4v) is 2.85. The molecule has 0 bridgehead atoms. The second kappa shape index (κ2) is 9.68. The van der Waals surface area contributed by atoms with Crippen molar-refractivity contribution >= 4 is 23.2 Å². The maximum Gasteiger partial charge on any atom is 0.306 e. The monoisotopic (exact) mass is 363 g/mol. The molecule has 6 nitrogen and oxygen atoms in total. The molecule has 2 aromatic rings. The van der Waals surface area contributed by atoms with E-state index in [1.54, 1.807) is 37.7 Å². The van der Waals surface area contributed by atoms with Gasteiger partial charge in [0.15, 0.2) is 18.1 Å². The predicted octanol–water partition coefficient (Wildman–Crippen LogP) is 2.56. The Morgan fingerprint density at radius 3 is 2.60 bits per heavy atom. The summed E-state index contributed by atoms with van der Waals surface area (Å²) < 4.78 is 15.4. The number of thiophene rings is 1. The largest absolute Gasteiger partial charge is 0.493 e. The molecule has 1 amide bonds. The van der Waals surface area contributed by atoms with E-state index in [1.165, 1.54) is 0 Å². The number of nitrogens with one attached hydrogen (secondary N) is 1. The topological polar surface area (TPSA) is 73.9 Å². The Balaban J connectivity index is 1.70. The van der Waals surface area contributed by atoms with Crippen LogP contribution in [-0.2, 0) is 27.3 Å². The summed E-state index contributed by atoms with van der Waals surface area (Å²) in [5.74, 6) is 0.487. The lowest BCUT2D eigenvalue weighted by molar-refractivity contribution is -0.148. The van der Waals surface area contributed by atoms with Crippen LogP contribution in [0.2, 0.25) is 0 Å². The van der Waals surface area contributed by atoms with Crippen molar-refractivity contribution in [3.8, 4) is 11.5 Å². The van der Waals surface area contributed by atoms with Gasteiger partial charge in [0.2, 0.25) is 0 Å². The lowest BCUT2D eigenvalue weighted by Gasteiger charge is -2.10. The Morgan fingerprint density at radius 1 is 1.12 bits per heavy atom. The number of rotatable bonds is 9. The van der Waals surface area contributed by atoms with Gasteiger partial charge in [0.05, 0.1) is 20.6 Å². The van der Waals surface area contributed by atoms with Crippen molar-refractivity contribution in [3.05, 3.63) is 46.2 Å². The summed E-state index contributed by atoms with van der Waals surface area (Å²) in [6.07, 6.45) is 0.896. The number of aryl methyl sites for hydroxylation is 1. The molecule has 0 saturated carbocycles. The van der Waals surface area contributed by atoms with Crippen molar-refractivity contribution in [2.24, 2.45) is 0 Å². The lowest BCUT2D eigenvalue weighted by atomic mass is 10.2. The van der Waals surface area contributed by atoms with Crippen molar-refractivity contribution in [2.45, 2.75) is 19.4 Å². The van der Waals surface area contributed by atoms with Crippen molar-refractivity contribution < 1.29 is 23.8 Å². The first-order valence-corrected chi connectivity index (χ1v) is 8.66. The number of hydrogen-bond donors (Lipinski definition) is 1. The third kappa shape index (κ3) is 6.11. The van der Waals surface area contributed by atoms with Crippen LogP contribution in [0.25, 0.3) is 0 Å². The van der Waals surface area contributed by atoms with Gasteiger partial charge in [-0.1, -0.05) is 12.1 Å². The highest BCUT2D eigenvalue weighted by molar-refractivity contribution is 7.09. The second-order valence-electron chi connectivity index (χ2n) is 5.21. The molecule has 1 heterocycles. The fraction of sp³-hybridized carbons (Fsp3) is 0.333. The average Bonchev–Trinajstić information content (AvgIpc) is 3.16. The third-order valence-electron chi connectivity index (χ3n) is 3.46. The van der Waals surface area contributed by atoms with E-state index in [0.717, 1.165) is 10.4 Å². The molecule has 0 aliphatic carbocycles. The summed E-state index contributed by atoms with van der Waals surface area (Å²) in [6, 6.07) is 9.28. The molecule has 0 saturated heterocycles. The van der Waals surface area contributed by atoms with E-state index in [1.807, 2.05) is 23.6 Å². The number of amides is 1. The van der Waals surface area contributed by atoms with Crippen LogP contribution in [0.15, 0.2) is 35.7 Å². The summed E-state index contributed by atoms with van der Waals surface area (Å²) in [7, 11) is 3.11. The van der Waals surface area contributed by atoms with E-state index < -0.39 is 0 Å². The van der Waals surface area contributed by atoms with Gasteiger partial charge in [0, 0.05) is 11.4 Å². The minimum atomic E-state index is -0.380. The van der Waals surface area contributed by atoms with Crippen LogP contribution in [0.5, 0.6) is 11.5 Å². The van der Waals surface area contributed by atoms with Gasteiger partial charge < -0.3 is 19.5 Å². The molecule has 0 aliphatic heterocycles. The number of esters is 1. The summed E-state index contributed by atoms with van der Waals surface area (Å²) in [6.45, 7) is 0.0303. The SMILES string of the molecule is COc1ccc(CNC(=O)COC(=O)CCc2cccs2)cc1OC. The third-order valence-corrected chi connectivity index (χ3v) is 4.39. The maximum atomic E-state index is 11.8. The Labute approximate surface area is 150 Å². The first-order chi connectivity index (χ1) is 12.1. The molecule has 0 atom stereocenters. The Morgan fingerprint density at radius 2 is 1.92 bits per heavy atom. The predicted molar refractivity (Wildman–Crippen MR) is 95.0 cm³/mol. The molecule has 7 heteroatoms. The van der Waals surface area contributed by atoms with Gasteiger partial charge in [0.1, 0.15) is 0 Å². The minimum absolute atomic E-state index is 0.267. The van der Waals surface area contributed by atoms with Crippen molar-refractivity contribution in [2.75, 3.05) is 20.8 Å². The van der Waals surface area contributed by atoms with E-state index in [2.05, 4.69) is 5.32 Å². The number of methoxy groups -OCH3 is 2. The summed E-state index contributed by atoms with van der Waals surface area (Å²) in [5, 5.41) is 4.66. The second-order valence-corrected chi connectivity index (χ2v) is 6.24. The van der Waals surface area contributed by atoms with Crippen LogP contribution in [-0.4, -0.2) is 32.7 Å². The first kappa shape index (κ1) is 18.8. The Hall–Kier alpha value is -2.54. The van der Waals surface area contributed by atoms with E-state index >= 15 is 0 Å². The van der Waals surface area contributed by atoms with E-state index in [0.29, 0.717) is 24.5 Å². The van der Waals surface area contributed by atoms with Gasteiger partial charge in [-0.3, -0.25) is 9.59 Å².